The van der Waals surface area contributed by atoms with Gasteiger partial charge < -0.3 is 15.3 Å². The molecule has 1 aromatic carbocycles. The number of ketones is 4. The van der Waals surface area contributed by atoms with E-state index >= 15 is 0 Å². The number of carbonyl (C=O) groups excluding carboxylic acids is 6. The van der Waals surface area contributed by atoms with Crippen molar-refractivity contribution in [2.75, 3.05) is 6.54 Å². The molecule has 2 heterocycles. The van der Waals surface area contributed by atoms with Crippen LogP contribution in [0, 0.1) is 35.5 Å². The Morgan fingerprint density at radius 3 is 2.23 bits per heavy atom. The molecule has 1 aliphatic heterocycles. The van der Waals surface area contributed by atoms with E-state index in [1.165, 1.54) is 23.5 Å². The number of allylic oxidation sites excluding steroid dienone is 1. The van der Waals surface area contributed by atoms with Crippen LogP contribution in [-0.4, -0.2) is 79.5 Å². The lowest BCUT2D eigenvalue weighted by Crippen LogP contribution is -2.50. The number of Topliss-reactive ketones (excluding diaryl/α,β-unsaturated/α-hetero) is 4. The maximum absolute atomic E-state index is 14.3. The highest BCUT2D eigenvalue weighted by Gasteiger charge is 2.45. The number of benzene rings is 1. The van der Waals surface area contributed by atoms with E-state index in [1.54, 1.807) is 50.3 Å². The summed E-state index contributed by atoms with van der Waals surface area (Å²) in [5.74, 6) is -8.07. The van der Waals surface area contributed by atoms with Gasteiger partial charge in [0, 0.05) is 50.0 Å². The highest BCUT2D eigenvalue weighted by molar-refractivity contribution is 6.38. The van der Waals surface area contributed by atoms with Gasteiger partial charge in [0.1, 0.15) is 5.69 Å². The molecule has 1 saturated heterocycles. The van der Waals surface area contributed by atoms with E-state index in [4.69, 9.17) is 0 Å². The normalized spacial score (nSPS) is 17.8. The number of carbonyl (C=O) groups is 7. The molecular formula is C41H54N4O8. The van der Waals surface area contributed by atoms with Crippen LogP contribution in [0.1, 0.15) is 95.6 Å². The fourth-order valence-electron chi connectivity index (χ4n) is 7.15. The Morgan fingerprint density at radius 1 is 0.962 bits per heavy atom. The number of carboxylic acids is 1. The van der Waals surface area contributed by atoms with Crippen molar-refractivity contribution in [3.63, 3.8) is 0 Å². The minimum atomic E-state index is -1.18. The molecule has 12 heteroatoms. The number of hydrogen-bond acceptors (Lipinski definition) is 9. The minimum absolute atomic E-state index is 0.0598. The highest BCUT2D eigenvalue weighted by Crippen LogP contribution is 2.34. The van der Waals surface area contributed by atoms with Crippen LogP contribution < -0.4 is 5.32 Å². The molecule has 0 spiro atoms. The summed E-state index contributed by atoms with van der Waals surface area (Å²) in [6.07, 6.45) is 6.68. The van der Waals surface area contributed by atoms with Gasteiger partial charge in [-0.3, -0.25) is 38.5 Å². The van der Waals surface area contributed by atoms with Crippen molar-refractivity contribution in [3.8, 4) is 0 Å². The molecule has 0 radical (unpaired) electrons. The monoisotopic (exact) mass is 730 g/mol. The molecule has 0 saturated carbocycles. The summed E-state index contributed by atoms with van der Waals surface area (Å²) in [6, 6.07) is 7.08. The summed E-state index contributed by atoms with van der Waals surface area (Å²) in [5.41, 5.74) is 0.789. The Kier molecular flexibility index (Phi) is 16.4. The molecule has 3 unspecified atom stereocenters. The topological polar surface area (TPSA) is 181 Å². The standard InChI is InChI=1S/C41H54N4O8/c1-7-12-28-16-19-45(40(51)31(25(3)4)23-33(46)36(26(5)6)44-39(50)32-24-42-17-18-43-32)37(28)34(47)21-29(13-8-2)38(49)35(48)22-30(41(52)53)20-27-14-10-9-11-15-27/h7,9-11,14-15,17-18,24-26,28-31,36-37H,1,8,12-13,16,19-23H2,2-6H3,(H,44,50)(H,52,53)/t28?,29?,30-,31?,36+,37+/m1/s1. The van der Waals surface area contributed by atoms with Crippen molar-refractivity contribution < 1.29 is 38.7 Å². The molecule has 6 atom stereocenters. The van der Waals surface area contributed by atoms with E-state index in [-0.39, 0.29) is 73.1 Å². The SMILES string of the molecule is C=CCC1CCN(C(=O)C(CC(=O)[C@@H](NC(=O)c2cnccn2)C(C)C)C(C)C)[C@@H]1C(=O)CC(CCC)C(=O)C(=O)C[C@@H](Cc1ccccc1)C(=O)O. The van der Waals surface area contributed by atoms with Gasteiger partial charge in [0.15, 0.2) is 17.3 Å². The van der Waals surface area contributed by atoms with Gasteiger partial charge in [0.2, 0.25) is 11.7 Å². The fraction of sp³-hybridized carbons (Fsp3) is 0.537. The van der Waals surface area contributed by atoms with Crippen molar-refractivity contribution >= 4 is 40.9 Å². The number of amides is 2. The zero-order valence-electron chi connectivity index (χ0n) is 31.5. The molecule has 2 N–H and O–H groups in total. The predicted octanol–water partition coefficient (Wildman–Crippen LogP) is 5.10. The van der Waals surface area contributed by atoms with Crippen LogP contribution in [0.3, 0.4) is 0 Å². The Labute approximate surface area is 312 Å². The molecule has 53 heavy (non-hydrogen) atoms. The lowest BCUT2D eigenvalue weighted by Gasteiger charge is -2.33. The number of likely N-dealkylation sites (tertiary alicyclic amines) is 1. The van der Waals surface area contributed by atoms with Gasteiger partial charge in [0.25, 0.3) is 5.91 Å². The van der Waals surface area contributed by atoms with E-state index in [9.17, 15) is 38.7 Å². The Balaban J connectivity index is 1.80. The summed E-state index contributed by atoms with van der Waals surface area (Å²) < 4.78 is 0. The summed E-state index contributed by atoms with van der Waals surface area (Å²) in [7, 11) is 0. The summed E-state index contributed by atoms with van der Waals surface area (Å²) >= 11 is 0. The number of rotatable bonds is 22. The largest absolute Gasteiger partial charge is 0.481 e. The van der Waals surface area contributed by atoms with Gasteiger partial charge in [-0.1, -0.05) is 77.4 Å². The molecule has 3 rings (SSSR count). The number of hydrogen-bond donors (Lipinski definition) is 2. The second-order valence-electron chi connectivity index (χ2n) is 14.7. The van der Waals surface area contributed by atoms with Gasteiger partial charge in [-0.25, -0.2) is 4.98 Å². The van der Waals surface area contributed by atoms with Crippen LogP contribution in [0.15, 0.2) is 61.6 Å². The van der Waals surface area contributed by atoms with Crippen LogP contribution in [0.2, 0.25) is 0 Å². The molecule has 2 aromatic rings. The first-order valence-corrected chi connectivity index (χ1v) is 18.6. The first-order valence-electron chi connectivity index (χ1n) is 18.6. The Bertz CT molecular complexity index is 1610. The van der Waals surface area contributed by atoms with Crippen molar-refractivity contribution in [1.82, 2.24) is 20.2 Å². The van der Waals surface area contributed by atoms with Crippen molar-refractivity contribution in [1.29, 1.82) is 0 Å². The highest BCUT2D eigenvalue weighted by atomic mass is 16.4. The third kappa shape index (κ3) is 11.8. The maximum atomic E-state index is 14.3. The lowest BCUT2D eigenvalue weighted by atomic mass is 9.82. The average molecular weight is 731 g/mol. The zero-order chi connectivity index (χ0) is 39.2. The van der Waals surface area contributed by atoms with Gasteiger partial charge in [-0.15, -0.1) is 6.58 Å². The fourth-order valence-corrected chi connectivity index (χ4v) is 7.15. The molecule has 0 bridgehead atoms. The first-order chi connectivity index (χ1) is 25.2. The van der Waals surface area contributed by atoms with Crippen LogP contribution in [-0.2, 0) is 35.2 Å². The smallest absolute Gasteiger partial charge is 0.307 e. The van der Waals surface area contributed by atoms with E-state index in [0.717, 1.165) is 5.56 Å². The zero-order valence-corrected chi connectivity index (χ0v) is 31.5. The van der Waals surface area contributed by atoms with Crippen LogP contribution in [0.4, 0.5) is 0 Å². The van der Waals surface area contributed by atoms with Gasteiger partial charge in [-0.2, -0.15) is 0 Å². The molecule has 1 aliphatic rings. The van der Waals surface area contributed by atoms with E-state index in [0.29, 0.717) is 19.3 Å². The molecule has 2 amide bonds. The molecule has 286 valence electrons. The van der Waals surface area contributed by atoms with Crippen molar-refractivity contribution in [3.05, 3.63) is 72.8 Å². The number of nitrogens with zero attached hydrogens (tertiary/aromatic N) is 3. The number of aliphatic carboxylic acids is 1. The molecule has 0 aliphatic carbocycles. The Hall–Kier alpha value is -4.87. The van der Waals surface area contributed by atoms with Crippen molar-refractivity contribution in [2.24, 2.45) is 35.5 Å². The van der Waals surface area contributed by atoms with Crippen molar-refractivity contribution in [2.45, 2.75) is 98.1 Å². The van der Waals surface area contributed by atoms with Gasteiger partial charge in [-0.05, 0) is 49.0 Å². The summed E-state index contributed by atoms with van der Waals surface area (Å²) in [6.45, 7) is 13.2. The quantitative estimate of drug-likeness (QED) is 0.122. The number of carboxylic acid groups (broad SMARTS) is 1. The second-order valence-corrected chi connectivity index (χ2v) is 14.7. The maximum Gasteiger partial charge on any atom is 0.307 e. The second kappa shape index (κ2) is 20.4. The van der Waals surface area contributed by atoms with Gasteiger partial charge in [0.05, 0.1) is 24.2 Å². The number of aromatic nitrogens is 2. The van der Waals surface area contributed by atoms with Crippen LogP contribution >= 0.6 is 0 Å². The van der Waals surface area contributed by atoms with Crippen LogP contribution in [0.5, 0.6) is 0 Å². The first kappa shape index (κ1) is 42.5. The average Bonchev–Trinajstić information content (AvgIpc) is 3.55. The van der Waals surface area contributed by atoms with Crippen LogP contribution in [0.25, 0.3) is 0 Å². The van der Waals surface area contributed by atoms with Gasteiger partial charge >= 0.3 is 5.97 Å². The molecular weight excluding hydrogens is 676 g/mol. The molecule has 1 fully saturated rings. The minimum Gasteiger partial charge on any atom is -0.481 e. The molecule has 12 nitrogen and oxygen atoms in total. The summed E-state index contributed by atoms with van der Waals surface area (Å²) in [5, 5.41) is 12.6. The lowest BCUT2D eigenvalue weighted by molar-refractivity contribution is -0.147. The van der Waals surface area contributed by atoms with E-state index < -0.39 is 59.7 Å². The van der Waals surface area contributed by atoms with E-state index in [1.807, 2.05) is 20.8 Å². The molecule has 1 aromatic heterocycles. The third-order valence-electron chi connectivity index (χ3n) is 10.1. The predicted molar refractivity (Wildman–Crippen MR) is 198 cm³/mol. The van der Waals surface area contributed by atoms with E-state index in [2.05, 4.69) is 21.9 Å². The third-order valence-corrected chi connectivity index (χ3v) is 10.1. The number of nitrogens with one attached hydrogen (secondary N) is 1. The summed E-state index contributed by atoms with van der Waals surface area (Å²) in [4.78, 5) is 103. The Morgan fingerprint density at radius 2 is 1.66 bits per heavy atom.